The minimum atomic E-state index is -0.163. The summed E-state index contributed by atoms with van der Waals surface area (Å²) < 4.78 is 1.50. The lowest BCUT2D eigenvalue weighted by atomic mass is 9.91. The molecule has 0 amide bonds. The van der Waals surface area contributed by atoms with Crippen molar-refractivity contribution >= 4 is 17.1 Å². The van der Waals surface area contributed by atoms with Gasteiger partial charge in [-0.15, -0.1) is 0 Å². The van der Waals surface area contributed by atoms with Crippen LogP contribution in [0.4, 0.5) is 5.95 Å². The zero-order chi connectivity index (χ0) is 15.7. The fourth-order valence-electron chi connectivity index (χ4n) is 3.01. The summed E-state index contributed by atoms with van der Waals surface area (Å²) in [6, 6.07) is 1.06. The minimum Gasteiger partial charge on any atom is -0.351 e. The lowest BCUT2D eigenvalue weighted by Crippen LogP contribution is -2.36. The van der Waals surface area contributed by atoms with E-state index >= 15 is 0 Å². The van der Waals surface area contributed by atoms with Crippen LogP contribution in [0.25, 0.3) is 11.2 Å². The lowest BCUT2D eigenvalue weighted by Gasteiger charge is -2.32. The van der Waals surface area contributed by atoms with Gasteiger partial charge in [-0.3, -0.25) is 9.36 Å². The Bertz CT molecular complexity index is 718. The molecule has 118 valence electrons. The Morgan fingerprint density at radius 1 is 1.18 bits per heavy atom. The van der Waals surface area contributed by atoms with Crippen molar-refractivity contribution in [1.29, 1.82) is 0 Å². The van der Waals surface area contributed by atoms with E-state index < -0.39 is 0 Å². The van der Waals surface area contributed by atoms with Gasteiger partial charge < -0.3 is 10.2 Å². The number of nitrogens with zero attached hydrogens (tertiary/aromatic N) is 5. The van der Waals surface area contributed by atoms with E-state index in [0.717, 1.165) is 12.8 Å². The first-order valence-electron chi connectivity index (χ1n) is 7.66. The van der Waals surface area contributed by atoms with Crippen molar-refractivity contribution in [3.63, 3.8) is 0 Å². The molecule has 3 rings (SSSR count). The van der Waals surface area contributed by atoms with E-state index in [-0.39, 0.29) is 5.56 Å². The van der Waals surface area contributed by atoms with Crippen LogP contribution in [-0.2, 0) is 7.05 Å². The number of fused-ring (bicyclic) bond motifs is 1. The van der Waals surface area contributed by atoms with Gasteiger partial charge in [-0.05, 0) is 39.8 Å². The molecule has 7 heteroatoms. The molecule has 2 aromatic rings. The summed E-state index contributed by atoms with van der Waals surface area (Å²) >= 11 is 0. The molecule has 2 heterocycles. The monoisotopic (exact) mass is 302 g/mol. The first-order valence-corrected chi connectivity index (χ1v) is 7.66. The third kappa shape index (κ3) is 2.94. The van der Waals surface area contributed by atoms with Crippen LogP contribution in [0.3, 0.4) is 0 Å². The van der Waals surface area contributed by atoms with Crippen LogP contribution < -0.4 is 10.9 Å². The molecule has 7 nitrogen and oxygen atoms in total. The second-order valence-electron chi connectivity index (χ2n) is 6.17. The third-order valence-electron chi connectivity index (χ3n) is 4.47. The topological polar surface area (TPSA) is 75.9 Å². The van der Waals surface area contributed by atoms with Gasteiger partial charge in [-0.1, -0.05) is 0 Å². The average molecular weight is 302 g/mol. The summed E-state index contributed by atoms with van der Waals surface area (Å²) in [5, 5.41) is 3.40. The average Bonchev–Trinajstić information content (AvgIpc) is 2.52. The van der Waals surface area contributed by atoms with Crippen molar-refractivity contribution in [2.75, 3.05) is 19.4 Å². The highest BCUT2D eigenvalue weighted by molar-refractivity contribution is 5.69. The maximum absolute atomic E-state index is 11.6. The number of anilines is 1. The van der Waals surface area contributed by atoms with Crippen molar-refractivity contribution in [2.24, 2.45) is 7.05 Å². The molecular weight excluding hydrogens is 280 g/mol. The molecular formula is C15H22N6O. The van der Waals surface area contributed by atoms with Crippen LogP contribution in [0.1, 0.15) is 25.7 Å². The van der Waals surface area contributed by atoms with E-state index in [9.17, 15) is 4.79 Å². The van der Waals surface area contributed by atoms with Crippen molar-refractivity contribution in [3.8, 4) is 0 Å². The Morgan fingerprint density at radius 3 is 2.59 bits per heavy atom. The zero-order valence-electron chi connectivity index (χ0n) is 13.3. The Kier molecular flexibility index (Phi) is 4.06. The maximum atomic E-state index is 11.6. The summed E-state index contributed by atoms with van der Waals surface area (Å²) in [7, 11) is 5.97. The first kappa shape index (κ1) is 14.9. The summed E-state index contributed by atoms with van der Waals surface area (Å²) in [6.45, 7) is 0. The number of aromatic nitrogens is 4. The number of rotatable bonds is 3. The van der Waals surface area contributed by atoms with Gasteiger partial charge in [-0.2, -0.15) is 4.98 Å². The number of hydrogen-bond donors (Lipinski definition) is 1. The second kappa shape index (κ2) is 6.00. The summed E-state index contributed by atoms with van der Waals surface area (Å²) in [5.41, 5.74) is 1.03. The number of aryl methyl sites for hydroxylation is 1. The zero-order valence-corrected chi connectivity index (χ0v) is 13.3. The molecule has 1 saturated carbocycles. The highest BCUT2D eigenvalue weighted by Crippen LogP contribution is 2.23. The Hall–Kier alpha value is -2.02. The summed E-state index contributed by atoms with van der Waals surface area (Å²) in [6.07, 6.45) is 7.53. The largest absolute Gasteiger partial charge is 0.351 e. The molecule has 0 saturated heterocycles. The first-order chi connectivity index (χ1) is 10.5. The quantitative estimate of drug-likeness (QED) is 0.912. The fourth-order valence-corrected chi connectivity index (χ4v) is 3.01. The van der Waals surface area contributed by atoms with E-state index in [1.165, 1.54) is 23.6 Å². The van der Waals surface area contributed by atoms with Gasteiger partial charge in [0.2, 0.25) is 5.95 Å². The van der Waals surface area contributed by atoms with Crippen LogP contribution in [0.2, 0.25) is 0 Å². The molecule has 1 fully saturated rings. The molecule has 0 atom stereocenters. The maximum Gasteiger partial charge on any atom is 0.270 e. The van der Waals surface area contributed by atoms with Crippen LogP contribution in [-0.4, -0.2) is 50.6 Å². The van der Waals surface area contributed by atoms with E-state index in [1.54, 1.807) is 13.2 Å². The van der Waals surface area contributed by atoms with Gasteiger partial charge in [0.05, 0.1) is 12.4 Å². The highest BCUT2D eigenvalue weighted by Gasteiger charge is 2.22. The molecule has 1 aliphatic rings. The van der Waals surface area contributed by atoms with Gasteiger partial charge in [0.15, 0.2) is 5.65 Å². The van der Waals surface area contributed by atoms with E-state index in [0.29, 0.717) is 29.2 Å². The standard InChI is InChI=1S/C15H22N6O/c1-20(2)11-6-4-10(5-7-11)18-15-17-8-12-14(19-15)21(3)13(22)9-16-12/h8-11H,4-7H2,1-3H3,(H,17,18,19). The molecule has 0 spiro atoms. The van der Waals surface area contributed by atoms with Crippen LogP contribution in [0, 0.1) is 0 Å². The lowest BCUT2D eigenvalue weighted by molar-refractivity contribution is 0.221. The molecule has 1 aliphatic carbocycles. The Balaban J connectivity index is 1.75. The molecule has 0 aliphatic heterocycles. The van der Waals surface area contributed by atoms with Gasteiger partial charge in [0.25, 0.3) is 5.56 Å². The minimum absolute atomic E-state index is 0.163. The van der Waals surface area contributed by atoms with Crippen molar-refractivity contribution in [2.45, 2.75) is 37.8 Å². The van der Waals surface area contributed by atoms with Crippen molar-refractivity contribution < 1.29 is 0 Å². The summed E-state index contributed by atoms with van der Waals surface area (Å²) in [5.74, 6) is 0.573. The molecule has 22 heavy (non-hydrogen) atoms. The van der Waals surface area contributed by atoms with Gasteiger partial charge in [-0.25, -0.2) is 9.97 Å². The smallest absolute Gasteiger partial charge is 0.270 e. The SMILES string of the molecule is CN(C)C1CCC(Nc2ncc3ncc(=O)n(C)c3n2)CC1. The molecule has 2 aromatic heterocycles. The van der Waals surface area contributed by atoms with E-state index in [1.807, 2.05) is 0 Å². The van der Waals surface area contributed by atoms with Crippen molar-refractivity contribution in [3.05, 3.63) is 22.7 Å². The number of hydrogen-bond acceptors (Lipinski definition) is 6. The van der Waals surface area contributed by atoms with Gasteiger partial charge in [0.1, 0.15) is 5.52 Å². The van der Waals surface area contributed by atoms with E-state index in [2.05, 4.69) is 39.3 Å². The fraction of sp³-hybridized carbons (Fsp3) is 0.600. The Morgan fingerprint density at radius 2 is 1.91 bits per heavy atom. The molecule has 0 aromatic carbocycles. The van der Waals surface area contributed by atoms with Crippen LogP contribution in [0.15, 0.2) is 17.2 Å². The second-order valence-corrected chi connectivity index (χ2v) is 6.17. The highest BCUT2D eigenvalue weighted by atomic mass is 16.1. The predicted molar refractivity (Wildman–Crippen MR) is 85.9 cm³/mol. The van der Waals surface area contributed by atoms with Crippen LogP contribution >= 0.6 is 0 Å². The molecule has 0 radical (unpaired) electrons. The van der Waals surface area contributed by atoms with Crippen molar-refractivity contribution in [1.82, 2.24) is 24.4 Å². The van der Waals surface area contributed by atoms with Gasteiger partial charge in [0, 0.05) is 19.1 Å². The van der Waals surface area contributed by atoms with Crippen LogP contribution in [0.5, 0.6) is 0 Å². The van der Waals surface area contributed by atoms with Gasteiger partial charge >= 0.3 is 0 Å². The predicted octanol–water partition coefficient (Wildman–Crippen LogP) is 1.01. The normalized spacial score (nSPS) is 22.2. The Labute approximate surface area is 129 Å². The van der Waals surface area contributed by atoms with E-state index in [4.69, 9.17) is 0 Å². The molecule has 0 unspecified atom stereocenters. The summed E-state index contributed by atoms with van der Waals surface area (Å²) in [4.78, 5) is 26.8. The molecule has 1 N–H and O–H groups in total. The molecule has 0 bridgehead atoms. The third-order valence-corrected chi connectivity index (χ3v) is 4.47. The number of nitrogens with one attached hydrogen (secondary N) is 1.